The van der Waals surface area contributed by atoms with Crippen LogP contribution in [-0.4, -0.2) is 58.7 Å². The molecule has 7 heteroatoms. The van der Waals surface area contributed by atoms with E-state index in [-0.39, 0.29) is 0 Å². The first kappa shape index (κ1) is 24.1. The van der Waals surface area contributed by atoms with Crippen molar-refractivity contribution in [3.63, 3.8) is 0 Å². The van der Waals surface area contributed by atoms with E-state index in [1.165, 1.54) is 22.6 Å². The number of aliphatic carboxylic acids is 2. The van der Waals surface area contributed by atoms with E-state index in [9.17, 15) is 0 Å². The molecule has 0 aliphatic heterocycles. The maximum Gasteiger partial charge on any atom is 0.414 e. The summed E-state index contributed by atoms with van der Waals surface area (Å²) in [6.45, 7) is 0. The van der Waals surface area contributed by atoms with Crippen molar-refractivity contribution < 1.29 is 19.8 Å². The Morgan fingerprint density at radius 3 is 1.43 bits per heavy atom. The number of carbonyl (C=O) groups is 2. The molecule has 152 valence electrons. The lowest BCUT2D eigenvalue weighted by Gasteiger charge is -2.23. The second kappa shape index (κ2) is 14.1. The van der Waals surface area contributed by atoms with Gasteiger partial charge in [-0.2, -0.15) is 23.5 Å². The van der Waals surface area contributed by atoms with Gasteiger partial charge in [0.15, 0.2) is 0 Å². The minimum atomic E-state index is -1.82. The second-order valence-corrected chi connectivity index (χ2v) is 8.29. The lowest BCUT2D eigenvalue weighted by atomic mass is 10.2. The van der Waals surface area contributed by atoms with Crippen molar-refractivity contribution in [2.24, 2.45) is 0 Å². The van der Waals surface area contributed by atoms with E-state index in [4.69, 9.17) is 19.8 Å². The third-order valence-electron chi connectivity index (χ3n) is 3.76. The van der Waals surface area contributed by atoms with Crippen LogP contribution in [0.3, 0.4) is 0 Å². The van der Waals surface area contributed by atoms with Gasteiger partial charge in [0.25, 0.3) is 0 Å². The van der Waals surface area contributed by atoms with E-state index in [1.54, 1.807) is 0 Å². The Hall–Kier alpha value is -1.96. The van der Waals surface area contributed by atoms with Crippen molar-refractivity contribution in [2.75, 3.05) is 25.6 Å². The van der Waals surface area contributed by atoms with Crippen LogP contribution in [-0.2, 0) is 21.1 Å². The van der Waals surface area contributed by atoms with Crippen molar-refractivity contribution in [3.8, 4) is 0 Å². The number of rotatable bonds is 9. The van der Waals surface area contributed by atoms with Gasteiger partial charge in [-0.3, -0.25) is 0 Å². The molecule has 0 aliphatic carbocycles. The summed E-state index contributed by atoms with van der Waals surface area (Å²) >= 11 is 4.07. The molecule has 2 aromatic rings. The Kier molecular flexibility index (Phi) is 12.1. The zero-order valence-electron chi connectivity index (χ0n) is 16.2. The predicted molar refractivity (Wildman–Crippen MR) is 118 cm³/mol. The van der Waals surface area contributed by atoms with Crippen LogP contribution in [0.25, 0.3) is 0 Å². The standard InChI is InChI=1S/C19H25NS2.C2H2O4/c1-20(2)19(15-21-13-17-9-5-3-6-10-17)16-22-14-18-11-7-4-8-12-18;3-1(4)2(5)6/h3-12,19H,13-16H2,1-2H3;(H,3,4)(H,5,6). The molecule has 0 atom stereocenters. The maximum absolute atomic E-state index is 9.10. The van der Waals surface area contributed by atoms with E-state index in [0.29, 0.717) is 6.04 Å². The van der Waals surface area contributed by atoms with Crippen molar-refractivity contribution in [1.82, 2.24) is 4.90 Å². The molecule has 0 saturated heterocycles. The van der Waals surface area contributed by atoms with E-state index in [2.05, 4.69) is 79.7 Å². The topological polar surface area (TPSA) is 77.8 Å². The molecule has 0 heterocycles. The van der Waals surface area contributed by atoms with Gasteiger partial charge in [0, 0.05) is 29.1 Å². The fourth-order valence-electron chi connectivity index (χ4n) is 2.12. The van der Waals surface area contributed by atoms with Crippen molar-refractivity contribution >= 4 is 35.5 Å². The highest BCUT2D eigenvalue weighted by molar-refractivity contribution is 7.99. The lowest BCUT2D eigenvalue weighted by molar-refractivity contribution is -0.159. The normalized spacial score (nSPS) is 10.4. The third kappa shape index (κ3) is 11.0. The largest absolute Gasteiger partial charge is 0.473 e. The molecule has 0 amide bonds. The molecule has 0 saturated carbocycles. The van der Waals surface area contributed by atoms with Crippen LogP contribution in [0.4, 0.5) is 0 Å². The van der Waals surface area contributed by atoms with Crippen molar-refractivity contribution in [2.45, 2.75) is 17.5 Å². The molecule has 2 aromatic carbocycles. The highest BCUT2D eigenvalue weighted by atomic mass is 32.2. The summed E-state index contributed by atoms with van der Waals surface area (Å²) in [6.07, 6.45) is 0. The summed E-state index contributed by atoms with van der Waals surface area (Å²) in [7, 11) is 4.38. The van der Waals surface area contributed by atoms with Crippen molar-refractivity contribution in [3.05, 3.63) is 71.8 Å². The molecule has 0 unspecified atom stereocenters. The zero-order valence-corrected chi connectivity index (χ0v) is 17.8. The van der Waals surface area contributed by atoms with Gasteiger partial charge in [0.2, 0.25) is 0 Å². The summed E-state index contributed by atoms with van der Waals surface area (Å²) in [6, 6.07) is 22.1. The van der Waals surface area contributed by atoms with Gasteiger partial charge in [0.1, 0.15) is 0 Å². The minimum Gasteiger partial charge on any atom is -0.473 e. The summed E-state index contributed by atoms with van der Waals surface area (Å²) in [5.74, 6) is 0.932. The molecule has 0 fully saturated rings. The second-order valence-electron chi connectivity index (χ2n) is 6.23. The van der Waals surface area contributed by atoms with Gasteiger partial charge >= 0.3 is 11.9 Å². The highest BCUT2D eigenvalue weighted by Gasteiger charge is 2.11. The van der Waals surface area contributed by atoms with Crippen LogP contribution in [0.15, 0.2) is 60.7 Å². The number of carboxylic acids is 2. The third-order valence-corrected chi connectivity index (χ3v) is 6.07. The Labute approximate surface area is 175 Å². The number of carboxylic acid groups (broad SMARTS) is 2. The predicted octanol–water partition coefficient (Wildman–Crippen LogP) is 3.94. The molecule has 0 bridgehead atoms. The Morgan fingerprint density at radius 1 is 0.786 bits per heavy atom. The number of thioether (sulfide) groups is 2. The van der Waals surface area contributed by atoms with Gasteiger partial charge in [0.05, 0.1) is 0 Å². The van der Waals surface area contributed by atoms with Gasteiger partial charge in [-0.15, -0.1) is 0 Å². The van der Waals surface area contributed by atoms with Gasteiger partial charge in [-0.05, 0) is 25.2 Å². The van der Waals surface area contributed by atoms with Crippen LogP contribution >= 0.6 is 23.5 Å². The average Bonchev–Trinajstić information content (AvgIpc) is 2.68. The molecule has 28 heavy (non-hydrogen) atoms. The van der Waals surface area contributed by atoms with Crippen LogP contribution in [0.5, 0.6) is 0 Å². The fourth-order valence-corrected chi connectivity index (χ4v) is 4.74. The Bertz CT molecular complexity index is 639. The monoisotopic (exact) mass is 421 g/mol. The molecule has 0 aromatic heterocycles. The molecule has 0 aliphatic rings. The molecule has 5 nitrogen and oxygen atoms in total. The average molecular weight is 422 g/mol. The van der Waals surface area contributed by atoms with Crippen LogP contribution < -0.4 is 0 Å². The summed E-state index contributed by atoms with van der Waals surface area (Å²) < 4.78 is 0. The van der Waals surface area contributed by atoms with Crippen LogP contribution in [0, 0.1) is 0 Å². The number of benzene rings is 2. The first-order valence-electron chi connectivity index (χ1n) is 8.76. The van der Waals surface area contributed by atoms with Gasteiger partial charge < -0.3 is 15.1 Å². The molecule has 2 N–H and O–H groups in total. The smallest absolute Gasteiger partial charge is 0.414 e. The number of hydrogen-bond acceptors (Lipinski definition) is 5. The number of nitrogens with zero attached hydrogens (tertiary/aromatic N) is 1. The summed E-state index contributed by atoms with van der Waals surface area (Å²) in [4.78, 5) is 20.6. The SMILES string of the molecule is CN(C)C(CSCc1ccccc1)CSCc1ccccc1.O=C(O)C(=O)O. The Balaban J connectivity index is 0.000000568. The lowest BCUT2D eigenvalue weighted by Crippen LogP contribution is -2.32. The molecule has 0 radical (unpaired) electrons. The van der Waals surface area contributed by atoms with Gasteiger partial charge in [-0.25, -0.2) is 9.59 Å². The van der Waals surface area contributed by atoms with Crippen LogP contribution in [0.1, 0.15) is 11.1 Å². The highest BCUT2D eigenvalue weighted by Crippen LogP contribution is 2.19. The minimum absolute atomic E-state index is 0.627. The quantitative estimate of drug-likeness (QED) is 0.594. The molecule has 2 rings (SSSR count). The van der Waals surface area contributed by atoms with E-state index in [0.717, 1.165) is 11.5 Å². The number of hydrogen-bond donors (Lipinski definition) is 2. The summed E-state index contributed by atoms with van der Waals surface area (Å²) in [5.41, 5.74) is 2.84. The van der Waals surface area contributed by atoms with E-state index in [1.807, 2.05) is 23.5 Å². The van der Waals surface area contributed by atoms with Crippen molar-refractivity contribution in [1.29, 1.82) is 0 Å². The van der Waals surface area contributed by atoms with Gasteiger partial charge in [-0.1, -0.05) is 60.7 Å². The van der Waals surface area contributed by atoms with E-state index < -0.39 is 11.9 Å². The van der Waals surface area contributed by atoms with E-state index >= 15 is 0 Å². The molecular weight excluding hydrogens is 394 g/mol. The summed E-state index contributed by atoms with van der Waals surface area (Å²) in [5, 5.41) is 14.8. The Morgan fingerprint density at radius 2 is 1.14 bits per heavy atom. The first-order valence-corrected chi connectivity index (χ1v) is 11.1. The van der Waals surface area contributed by atoms with Crippen LogP contribution in [0.2, 0.25) is 0 Å². The molecule has 0 spiro atoms. The first-order chi connectivity index (χ1) is 13.4. The molecular formula is C21H27NO4S2. The fraction of sp³-hybridized carbons (Fsp3) is 0.333. The maximum atomic E-state index is 9.10. The zero-order chi connectivity index (χ0) is 20.8.